The predicted octanol–water partition coefficient (Wildman–Crippen LogP) is 2.70. The third-order valence-corrected chi connectivity index (χ3v) is 2.01. The molecule has 0 aliphatic heterocycles. The van der Waals surface area contributed by atoms with Gasteiger partial charge in [-0.25, -0.2) is 4.98 Å². The molecule has 0 aliphatic rings. The van der Waals surface area contributed by atoms with Crippen molar-refractivity contribution in [2.45, 2.75) is 33.1 Å². The van der Waals surface area contributed by atoms with Gasteiger partial charge in [-0.3, -0.25) is 0 Å². The van der Waals surface area contributed by atoms with E-state index in [1.54, 1.807) is 7.11 Å². The minimum atomic E-state index is 0.154. The molecule has 1 heterocycles. The molecule has 2 nitrogen and oxygen atoms in total. The van der Waals surface area contributed by atoms with Gasteiger partial charge in [-0.15, -0.1) is 0 Å². The smallest absolute Gasteiger partial charge is 0.213 e. The zero-order valence-corrected chi connectivity index (χ0v) is 9.01. The molecule has 0 amide bonds. The highest BCUT2D eigenvalue weighted by molar-refractivity contribution is 5.29. The van der Waals surface area contributed by atoms with Crippen molar-refractivity contribution in [3.63, 3.8) is 0 Å². The van der Waals surface area contributed by atoms with E-state index in [4.69, 9.17) is 4.74 Å². The van der Waals surface area contributed by atoms with Gasteiger partial charge in [-0.2, -0.15) is 0 Å². The van der Waals surface area contributed by atoms with Crippen LogP contribution in [0.5, 0.6) is 5.88 Å². The highest BCUT2D eigenvalue weighted by atomic mass is 16.5. The van der Waals surface area contributed by atoms with Crippen LogP contribution in [-0.2, 0) is 5.41 Å². The summed E-state index contributed by atoms with van der Waals surface area (Å²) in [6.45, 7) is 8.53. The van der Waals surface area contributed by atoms with Gasteiger partial charge in [0.2, 0.25) is 5.88 Å². The van der Waals surface area contributed by atoms with Crippen molar-refractivity contribution in [1.29, 1.82) is 0 Å². The SMILES string of the molecule is COc1cc(C(C)(C)C)cc(C)n1. The quantitative estimate of drug-likeness (QED) is 0.661. The standard InChI is InChI=1S/C11H17NO/c1-8-6-9(11(2,3)4)7-10(12-8)13-5/h6-7H,1-5H3. The van der Waals surface area contributed by atoms with E-state index in [9.17, 15) is 0 Å². The summed E-state index contributed by atoms with van der Waals surface area (Å²) in [5.41, 5.74) is 2.42. The summed E-state index contributed by atoms with van der Waals surface area (Å²) in [4.78, 5) is 4.24. The molecule has 0 N–H and O–H groups in total. The van der Waals surface area contributed by atoms with Crippen molar-refractivity contribution < 1.29 is 4.74 Å². The van der Waals surface area contributed by atoms with Crippen molar-refractivity contribution >= 4 is 0 Å². The normalized spacial score (nSPS) is 11.5. The molecule has 0 fully saturated rings. The van der Waals surface area contributed by atoms with E-state index in [0.29, 0.717) is 5.88 Å². The third-order valence-electron chi connectivity index (χ3n) is 2.01. The lowest BCUT2D eigenvalue weighted by atomic mass is 9.87. The van der Waals surface area contributed by atoms with Crippen molar-refractivity contribution in [2.24, 2.45) is 0 Å². The summed E-state index contributed by atoms with van der Waals surface area (Å²) in [6, 6.07) is 4.09. The van der Waals surface area contributed by atoms with Crippen molar-refractivity contribution in [2.75, 3.05) is 7.11 Å². The molecule has 1 aromatic heterocycles. The number of nitrogens with zero attached hydrogens (tertiary/aromatic N) is 1. The first-order valence-corrected chi connectivity index (χ1v) is 4.46. The van der Waals surface area contributed by atoms with Gasteiger partial charge in [0.05, 0.1) is 7.11 Å². The number of ether oxygens (including phenoxy) is 1. The molecule has 2 heteroatoms. The van der Waals surface area contributed by atoms with Crippen LogP contribution < -0.4 is 4.74 Å². The van der Waals surface area contributed by atoms with Gasteiger partial charge < -0.3 is 4.74 Å². The van der Waals surface area contributed by atoms with Gasteiger partial charge in [0, 0.05) is 11.8 Å². The molecule has 1 aromatic rings. The minimum absolute atomic E-state index is 0.154. The predicted molar refractivity (Wildman–Crippen MR) is 54.2 cm³/mol. The molecular formula is C11H17NO. The van der Waals surface area contributed by atoms with Crippen LogP contribution in [0.25, 0.3) is 0 Å². The van der Waals surface area contributed by atoms with Crippen LogP contribution in [0.4, 0.5) is 0 Å². The number of aromatic nitrogens is 1. The Kier molecular flexibility index (Phi) is 2.60. The Labute approximate surface area is 80.0 Å². The summed E-state index contributed by atoms with van der Waals surface area (Å²) >= 11 is 0. The molecule has 0 radical (unpaired) electrons. The fourth-order valence-electron chi connectivity index (χ4n) is 1.18. The van der Waals surface area contributed by atoms with Crippen LogP contribution in [0.1, 0.15) is 32.0 Å². The summed E-state index contributed by atoms with van der Waals surface area (Å²) in [7, 11) is 1.65. The number of hydrogen-bond acceptors (Lipinski definition) is 2. The summed E-state index contributed by atoms with van der Waals surface area (Å²) < 4.78 is 5.12. The lowest BCUT2D eigenvalue weighted by molar-refractivity contribution is 0.394. The summed E-state index contributed by atoms with van der Waals surface area (Å²) in [6.07, 6.45) is 0. The Morgan fingerprint density at radius 2 is 1.85 bits per heavy atom. The van der Waals surface area contributed by atoms with Crippen molar-refractivity contribution in [3.05, 3.63) is 23.4 Å². The fourth-order valence-corrected chi connectivity index (χ4v) is 1.18. The van der Waals surface area contributed by atoms with Crippen LogP contribution in [0, 0.1) is 6.92 Å². The largest absolute Gasteiger partial charge is 0.481 e. The third kappa shape index (κ3) is 2.44. The molecular weight excluding hydrogens is 162 g/mol. The van der Waals surface area contributed by atoms with Gasteiger partial charge >= 0.3 is 0 Å². The molecule has 1 rings (SSSR count). The highest BCUT2D eigenvalue weighted by Crippen LogP contribution is 2.25. The van der Waals surface area contributed by atoms with E-state index in [-0.39, 0.29) is 5.41 Å². The minimum Gasteiger partial charge on any atom is -0.481 e. The molecule has 0 bridgehead atoms. The van der Waals surface area contributed by atoms with Crippen LogP contribution >= 0.6 is 0 Å². The van der Waals surface area contributed by atoms with Gasteiger partial charge in [0.25, 0.3) is 0 Å². The van der Waals surface area contributed by atoms with Crippen molar-refractivity contribution in [1.82, 2.24) is 4.98 Å². The summed E-state index contributed by atoms with van der Waals surface area (Å²) in [5.74, 6) is 0.699. The lowest BCUT2D eigenvalue weighted by Crippen LogP contribution is -2.12. The van der Waals surface area contributed by atoms with Crippen LogP contribution in [0.2, 0.25) is 0 Å². The Bertz CT molecular complexity index is 299. The Morgan fingerprint density at radius 3 is 2.31 bits per heavy atom. The van der Waals surface area contributed by atoms with Crippen LogP contribution in [-0.4, -0.2) is 12.1 Å². The second-order valence-corrected chi connectivity index (χ2v) is 4.29. The highest BCUT2D eigenvalue weighted by Gasteiger charge is 2.15. The van der Waals surface area contributed by atoms with Gasteiger partial charge in [-0.05, 0) is 24.0 Å². The van der Waals surface area contributed by atoms with Crippen LogP contribution in [0.15, 0.2) is 12.1 Å². The maximum absolute atomic E-state index is 5.12. The van der Waals surface area contributed by atoms with E-state index in [2.05, 4.69) is 31.8 Å². The number of rotatable bonds is 1. The molecule has 0 spiro atoms. The Morgan fingerprint density at radius 1 is 1.23 bits per heavy atom. The molecule has 0 unspecified atom stereocenters. The second kappa shape index (κ2) is 3.36. The topological polar surface area (TPSA) is 22.1 Å². The van der Waals surface area contributed by atoms with E-state index in [1.165, 1.54) is 5.56 Å². The Balaban J connectivity index is 3.16. The van der Waals surface area contributed by atoms with E-state index < -0.39 is 0 Å². The van der Waals surface area contributed by atoms with Crippen LogP contribution in [0.3, 0.4) is 0 Å². The fraction of sp³-hybridized carbons (Fsp3) is 0.545. The van der Waals surface area contributed by atoms with E-state index in [0.717, 1.165) is 5.69 Å². The van der Waals surface area contributed by atoms with Gasteiger partial charge in [0.1, 0.15) is 0 Å². The molecule has 0 saturated heterocycles. The first kappa shape index (κ1) is 10.0. The molecule has 0 saturated carbocycles. The number of hydrogen-bond donors (Lipinski definition) is 0. The molecule has 0 aliphatic carbocycles. The maximum atomic E-state index is 5.12. The number of aryl methyl sites for hydroxylation is 1. The second-order valence-electron chi connectivity index (χ2n) is 4.29. The van der Waals surface area contributed by atoms with Gasteiger partial charge in [-0.1, -0.05) is 20.8 Å². The first-order valence-electron chi connectivity index (χ1n) is 4.46. The average molecular weight is 179 g/mol. The molecule has 72 valence electrons. The van der Waals surface area contributed by atoms with Gasteiger partial charge in [0.15, 0.2) is 0 Å². The molecule has 0 aromatic carbocycles. The van der Waals surface area contributed by atoms with E-state index in [1.807, 2.05) is 13.0 Å². The zero-order chi connectivity index (χ0) is 10.1. The number of pyridine rings is 1. The average Bonchev–Trinajstić information content (AvgIpc) is 2.01. The lowest BCUT2D eigenvalue weighted by Gasteiger charge is -2.19. The first-order chi connectivity index (χ1) is 5.93. The van der Waals surface area contributed by atoms with Crippen molar-refractivity contribution in [3.8, 4) is 5.88 Å². The van der Waals surface area contributed by atoms with E-state index >= 15 is 0 Å². The Hall–Kier alpha value is -1.05. The molecule has 0 atom stereocenters. The number of methoxy groups -OCH3 is 1. The monoisotopic (exact) mass is 179 g/mol. The summed E-state index contributed by atoms with van der Waals surface area (Å²) in [5, 5.41) is 0. The maximum Gasteiger partial charge on any atom is 0.213 e. The molecule has 13 heavy (non-hydrogen) atoms. The zero-order valence-electron chi connectivity index (χ0n) is 9.01.